The van der Waals surface area contributed by atoms with Crippen LogP contribution in [0.15, 0.2) is 0 Å². The number of hydrogen-bond donors (Lipinski definition) is 0. The molecule has 0 aromatic carbocycles. The quantitative estimate of drug-likeness (QED) is 0.500. The van der Waals surface area contributed by atoms with Crippen LogP contribution in [-0.2, 0) is 21.1 Å². The first-order valence-corrected chi connectivity index (χ1v) is 7.05. The van der Waals surface area contributed by atoms with E-state index in [-0.39, 0.29) is 21.1 Å². The Morgan fingerprint density at radius 2 is 1.47 bits per heavy atom. The van der Waals surface area contributed by atoms with Gasteiger partial charge in [-0.1, -0.05) is 58.8 Å². The van der Waals surface area contributed by atoms with E-state index in [1.807, 2.05) is 0 Å². The summed E-state index contributed by atoms with van der Waals surface area (Å²) in [7, 11) is 0. The third-order valence-corrected chi connectivity index (χ3v) is 3.06. The van der Waals surface area contributed by atoms with Crippen LogP contribution >= 0.6 is 0 Å². The van der Waals surface area contributed by atoms with Gasteiger partial charge in [0.15, 0.2) is 0 Å². The van der Waals surface area contributed by atoms with E-state index in [1.165, 1.54) is 32.1 Å². The maximum atomic E-state index is 3.60. The van der Waals surface area contributed by atoms with Crippen molar-refractivity contribution in [3.05, 3.63) is 20.3 Å². The zero-order valence-electron chi connectivity index (χ0n) is 12.4. The Morgan fingerprint density at radius 3 is 1.59 bits per heavy atom. The Morgan fingerprint density at radius 1 is 1.06 bits per heavy atom. The van der Waals surface area contributed by atoms with Crippen molar-refractivity contribution in [3.8, 4) is 0 Å². The largest absolute Gasteiger partial charge is 0.343 e. The minimum Gasteiger partial charge on any atom is -0.343 e. The second-order valence-electron chi connectivity index (χ2n) is 4.61. The Bertz CT molecular complexity index is 104. The molecular formula is C16H33Pt-3. The SMILES string of the molecule is C[CH-]C1CCCC1C.[CH2-]CCC.[CH2-]CCC.[Pt]. The molecule has 2 atom stereocenters. The van der Waals surface area contributed by atoms with Gasteiger partial charge in [0.05, 0.1) is 0 Å². The van der Waals surface area contributed by atoms with Crippen LogP contribution < -0.4 is 0 Å². The van der Waals surface area contributed by atoms with Crippen molar-refractivity contribution in [1.29, 1.82) is 0 Å². The van der Waals surface area contributed by atoms with Crippen LogP contribution in [-0.4, -0.2) is 0 Å². The van der Waals surface area contributed by atoms with Crippen LogP contribution in [0.5, 0.6) is 0 Å². The second kappa shape index (κ2) is 19.0. The molecule has 17 heavy (non-hydrogen) atoms. The minimum atomic E-state index is 0. The van der Waals surface area contributed by atoms with Gasteiger partial charge < -0.3 is 20.3 Å². The van der Waals surface area contributed by atoms with E-state index >= 15 is 0 Å². The maximum absolute atomic E-state index is 3.60. The molecule has 0 bridgehead atoms. The molecule has 0 aromatic rings. The molecule has 1 aliphatic rings. The standard InChI is InChI=1S/C8H15.2C4H9.Pt/c1-3-8-6-4-5-7(8)2;2*1-3-4-2;/h3,7-8H,4-6H2,1-2H3;2*1,3-4H2,2H3;/q3*-1;. The summed E-state index contributed by atoms with van der Waals surface area (Å²) in [6, 6.07) is 0. The first kappa shape index (κ1) is 22.8. The third kappa shape index (κ3) is 16.7. The van der Waals surface area contributed by atoms with Gasteiger partial charge in [0.1, 0.15) is 0 Å². The van der Waals surface area contributed by atoms with Crippen molar-refractivity contribution in [2.75, 3.05) is 0 Å². The van der Waals surface area contributed by atoms with Gasteiger partial charge in [-0.25, -0.2) is 0 Å². The fraction of sp³-hybridized carbons (Fsp3) is 0.812. The van der Waals surface area contributed by atoms with E-state index in [2.05, 4.69) is 48.0 Å². The van der Waals surface area contributed by atoms with E-state index in [0.717, 1.165) is 24.7 Å². The average molecular weight is 421 g/mol. The van der Waals surface area contributed by atoms with Gasteiger partial charge in [0, 0.05) is 21.1 Å². The van der Waals surface area contributed by atoms with E-state index < -0.39 is 0 Å². The molecule has 1 heteroatoms. The van der Waals surface area contributed by atoms with Gasteiger partial charge >= 0.3 is 0 Å². The van der Waals surface area contributed by atoms with Crippen molar-refractivity contribution in [3.63, 3.8) is 0 Å². The van der Waals surface area contributed by atoms with Crippen LogP contribution in [0.25, 0.3) is 0 Å². The van der Waals surface area contributed by atoms with Gasteiger partial charge in [-0.3, -0.25) is 0 Å². The average Bonchev–Trinajstić information content (AvgIpc) is 2.75. The topological polar surface area (TPSA) is 0 Å². The maximum Gasteiger partial charge on any atom is 0 e. The van der Waals surface area contributed by atoms with E-state index in [4.69, 9.17) is 0 Å². The fourth-order valence-electron chi connectivity index (χ4n) is 1.67. The predicted octanol–water partition coefficient (Wildman–Crippen LogP) is 5.89. The third-order valence-electron chi connectivity index (χ3n) is 3.06. The van der Waals surface area contributed by atoms with Crippen molar-refractivity contribution >= 4 is 0 Å². The molecule has 2 unspecified atom stereocenters. The Hall–Kier alpha value is 0.688. The van der Waals surface area contributed by atoms with Crippen molar-refractivity contribution < 1.29 is 21.1 Å². The first-order chi connectivity index (χ1) is 7.67. The molecule has 0 N–H and O–H groups in total. The Kier molecular flexibility index (Phi) is 25.6. The zero-order chi connectivity index (χ0) is 12.8. The van der Waals surface area contributed by atoms with Crippen LogP contribution in [0.3, 0.4) is 0 Å². The van der Waals surface area contributed by atoms with Crippen molar-refractivity contribution in [2.24, 2.45) is 11.8 Å². The molecule has 1 rings (SSSR count). The zero-order valence-corrected chi connectivity index (χ0v) is 14.7. The van der Waals surface area contributed by atoms with E-state index in [1.54, 1.807) is 0 Å². The Labute approximate surface area is 126 Å². The van der Waals surface area contributed by atoms with Gasteiger partial charge in [-0.15, -0.1) is 0 Å². The molecule has 0 aromatic heterocycles. The molecule has 0 amide bonds. The first-order valence-electron chi connectivity index (χ1n) is 7.05. The monoisotopic (exact) mass is 420 g/mol. The van der Waals surface area contributed by atoms with Crippen LogP contribution in [0, 0.1) is 32.1 Å². The summed E-state index contributed by atoms with van der Waals surface area (Å²) in [6.45, 7) is 16.0. The molecule has 110 valence electrons. The van der Waals surface area contributed by atoms with Crippen molar-refractivity contribution in [2.45, 2.75) is 72.6 Å². The fourth-order valence-corrected chi connectivity index (χ4v) is 1.67. The van der Waals surface area contributed by atoms with Crippen LogP contribution in [0.4, 0.5) is 0 Å². The summed E-state index contributed by atoms with van der Waals surface area (Å²) in [5.74, 6) is 1.91. The smallest absolute Gasteiger partial charge is 0 e. The number of rotatable bonds is 3. The second-order valence-corrected chi connectivity index (χ2v) is 4.61. The predicted molar refractivity (Wildman–Crippen MR) is 77.0 cm³/mol. The van der Waals surface area contributed by atoms with Crippen LogP contribution in [0.1, 0.15) is 72.6 Å². The molecule has 0 spiro atoms. The van der Waals surface area contributed by atoms with Gasteiger partial charge in [0.25, 0.3) is 0 Å². The van der Waals surface area contributed by atoms with Crippen molar-refractivity contribution in [1.82, 2.24) is 0 Å². The molecule has 1 fully saturated rings. The Balaban J connectivity index is -0.000000189. The van der Waals surface area contributed by atoms with Gasteiger partial charge in [0.2, 0.25) is 0 Å². The van der Waals surface area contributed by atoms with E-state index in [0.29, 0.717) is 0 Å². The molecule has 0 nitrogen and oxygen atoms in total. The molecular weight excluding hydrogens is 387 g/mol. The molecule has 0 aliphatic heterocycles. The molecule has 1 aliphatic carbocycles. The molecule has 1 saturated carbocycles. The van der Waals surface area contributed by atoms with Crippen LogP contribution in [0.2, 0.25) is 0 Å². The summed E-state index contributed by atoms with van der Waals surface area (Å²) in [6.07, 6.45) is 11.3. The summed E-state index contributed by atoms with van der Waals surface area (Å²) in [5.41, 5.74) is 0. The summed E-state index contributed by atoms with van der Waals surface area (Å²) >= 11 is 0. The summed E-state index contributed by atoms with van der Waals surface area (Å²) in [5, 5.41) is 0. The summed E-state index contributed by atoms with van der Waals surface area (Å²) < 4.78 is 0. The normalized spacial score (nSPS) is 21.5. The summed E-state index contributed by atoms with van der Waals surface area (Å²) in [4.78, 5) is 0. The minimum absolute atomic E-state index is 0. The van der Waals surface area contributed by atoms with Gasteiger partial charge in [-0.05, 0) is 0 Å². The number of unbranched alkanes of at least 4 members (excludes halogenated alkanes) is 2. The molecule has 0 heterocycles. The molecule has 0 radical (unpaired) electrons. The molecule has 0 saturated heterocycles. The van der Waals surface area contributed by atoms with Gasteiger partial charge in [-0.2, -0.15) is 25.7 Å². The van der Waals surface area contributed by atoms with E-state index in [9.17, 15) is 0 Å². The number of hydrogen-bond acceptors (Lipinski definition) is 0.